The topological polar surface area (TPSA) is 9.23 Å². The normalized spacial score (nSPS) is 10.3. The van der Waals surface area contributed by atoms with E-state index >= 15 is 0 Å². The predicted octanol–water partition coefficient (Wildman–Crippen LogP) is 4.37. The summed E-state index contributed by atoms with van der Waals surface area (Å²) < 4.78 is 18.9. The highest BCUT2D eigenvalue weighted by atomic mass is 35.5. The first kappa shape index (κ1) is 11.9. The minimum atomic E-state index is -0.343. The Labute approximate surface area is 105 Å². The summed E-state index contributed by atoms with van der Waals surface area (Å²) in [6.07, 6.45) is 0. The van der Waals surface area contributed by atoms with E-state index < -0.39 is 0 Å². The third kappa shape index (κ3) is 3.21. The molecule has 0 heterocycles. The zero-order chi connectivity index (χ0) is 12.3. The molecule has 0 aromatic heterocycles. The fraction of sp³-hybridized carbons (Fsp3) is 0.143. The second-order valence-corrected chi connectivity index (χ2v) is 4.27. The molecule has 0 aliphatic rings. The number of rotatable bonds is 3. The van der Waals surface area contributed by atoms with Crippen molar-refractivity contribution in [2.75, 3.05) is 0 Å². The van der Waals surface area contributed by atoms with Gasteiger partial charge in [0.25, 0.3) is 0 Å². The zero-order valence-electron chi connectivity index (χ0n) is 9.41. The van der Waals surface area contributed by atoms with Gasteiger partial charge in [0.15, 0.2) is 0 Å². The van der Waals surface area contributed by atoms with Crippen LogP contribution in [0.25, 0.3) is 0 Å². The highest BCUT2D eigenvalue weighted by molar-refractivity contribution is 6.30. The van der Waals surface area contributed by atoms with E-state index in [1.54, 1.807) is 12.1 Å². The average molecular weight is 251 g/mol. The van der Waals surface area contributed by atoms with E-state index in [2.05, 4.69) is 0 Å². The quantitative estimate of drug-likeness (QED) is 0.786. The maximum absolute atomic E-state index is 13.5. The van der Waals surface area contributed by atoms with Gasteiger partial charge < -0.3 is 4.74 Å². The summed E-state index contributed by atoms with van der Waals surface area (Å²) in [6, 6.07) is 12.2. The van der Waals surface area contributed by atoms with E-state index in [9.17, 15) is 4.39 Å². The smallest absolute Gasteiger partial charge is 0.131 e. The fourth-order valence-corrected chi connectivity index (χ4v) is 1.59. The van der Waals surface area contributed by atoms with Gasteiger partial charge in [-0.05, 0) is 31.2 Å². The number of aryl methyl sites for hydroxylation is 1. The second-order valence-electron chi connectivity index (χ2n) is 3.84. The highest BCUT2D eigenvalue weighted by Gasteiger charge is 2.03. The lowest BCUT2D eigenvalue weighted by molar-refractivity contribution is 0.300. The second kappa shape index (κ2) is 5.19. The molecule has 0 atom stereocenters. The average Bonchev–Trinajstić information content (AvgIpc) is 2.30. The minimum absolute atomic E-state index is 0.200. The lowest BCUT2D eigenvalue weighted by atomic mass is 10.2. The first-order chi connectivity index (χ1) is 8.15. The van der Waals surface area contributed by atoms with Crippen LogP contribution in [-0.4, -0.2) is 0 Å². The van der Waals surface area contributed by atoms with Crippen LogP contribution in [0.4, 0.5) is 4.39 Å². The molecule has 0 aliphatic carbocycles. The molecule has 0 amide bonds. The van der Waals surface area contributed by atoms with Crippen LogP contribution in [0.15, 0.2) is 42.5 Å². The van der Waals surface area contributed by atoms with E-state index in [0.717, 1.165) is 11.3 Å². The first-order valence-corrected chi connectivity index (χ1v) is 5.66. The Morgan fingerprint density at radius 3 is 2.47 bits per heavy atom. The summed E-state index contributed by atoms with van der Waals surface area (Å²) in [7, 11) is 0. The molecule has 0 fully saturated rings. The predicted molar refractivity (Wildman–Crippen MR) is 66.9 cm³/mol. The summed E-state index contributed by atoms with van der Waals surface area (Å²) in [5.74, 6) is 0.384. The molecule has 2 aromatic rings. The number of benzene rings is 2. The molecule has 0 radical (unpaired) electrons. The molecule has 2 aromatic carbocycles. The van der Waals surface area contributed by atoms with Crippen LogP contribution in [0.5, 0.6) is 5.75 Å². The summed E-state index contributed by atoms with van der Waals surface area (Å²) in [4.78, 5) is 0. The van der Waals surface area contributed by atoms with E-state index in [1.165, 1.54) is 6.07 Å². The maximum Gasteiger partial charge on any atom is 0.131 e. The molecular formula is C14H12ClFO. The lowest BCUT2D eigenvalue weighted by Gasteiger charge is -2.07. The number of hydrogen-bond acceptors (Lipinski definition) is 1. The minimum Gasteiger partial charge on any atom is -0.489 e. The number of halogens is 2. The monoisotopic (exact) mass is 250 g/mol. The Balaban J connectivity index is 2.04. The molecule has 2 rings (SSSR count). The Morgan fingerprint density at radius 1 is 1.12 bits per heavy atom. The summed E-state index contributed by atoms with van der Waals surface area (Å²) >= 11 is 5.67. The molecule has 1 nitrogen and oxygen atoms in total. The highest BCUT2D eigenvalue weighted by Crippen LogP contribution is 2.18. The molecule has 0 saturated heterocycles. The maximum atomic E-state index is 13.5. The molecule has 0 saturated carbocycles. The largest absolute Gasteiger partial charge is 0.489 e. The molecule has 0 bridgehead atoms. The summed E-state index contributed by atoms with van der Waals surface area (Å²) in [5.41, 5.74) is 1.66. The van der Waals surface area contributed by atoms with Crippen molar-refractivity contribution in [3.05, 3.63) is 64.4 Å². The lowest BCUT2D eigenvalue weighted by Crippen LogP contribution is -1.98. The van der Waals surface area contributed by atoms with Crippen molar-refractivity contribution in [2.24, 2.45) is 0 Å². The van der Waals surface area contributed by atoms with Gasteiger partial charge in [-0.1, -0.05) is 35.4 Å². The van der Waals surface area contributed by atoms with E-state index in [4.69, 9.17) is 16.3 Å². The van der Waals surface area contributed by atoms with Crippen LogP contribution in [0, 0.1) is 12.7 Å². The van der Waals surface area contributed by atoms with Gasteiger partial charge >= 0.3 is 0 Å². The molecular weight excluding hydrogens is 239 g/mol. The van der Waals surface area contributed by atoms with E-state index in [-0.39, 0.29) is 12.4 Å². The van der Waals surface area contributed by atoms with Crippen molar-refractivity contribution in [2.45, 2.75) is 13.5 Å². The zero-order valence-corrected chi connectivity index (χ0v) is 10.2. The number of ether oxygens (including phenoxy) is 1. The summed E-state index contributed by atoms with van der Waals surface area (Å²) in [6.45, 7) is 2.20. The first-order valence-electron chi connectivity index (χ1n) is 5.28. The number of hydrogen-bond donors (Lipinski definition) is 0. The third-order valence-electron chi connectivity index (χ3n) is 2.43. The van der Waals surface area contributed by atoms with Crippen LogP contribution < -0.4 is 4.74 Å². The standard InChI is InChI=1S/C14H12ClFO/c1-10-2-6-13(7-3-10)17-9-11-4-5-12(15)8-14(11)16/h2-8H,9H2,1H3. The molecule has 0 aliphatic heterocycles. The van der Waals surface area contributed by atoms with Crippen LogP contribution >= 0.6 is 11.6 Å². The van der Waals surface area contributed by atoms with Crippen molar-refractivity contribution in [3.63, 3.8) is 0 Å². The van der Waals surface area contributed by atoms with Crippen LogP contribution in [0.2, 0.25) is 5.02 Å². The van der Waals surface area contributed by atoms with Gasteiger partial charge in [0.1, 0.15) is 18.2 Å². The van der Waals surface area contributed by atoms with E-state index in [0.29, 0.717) is 10.6 Å². The van der Waals surface area contributed by atoms with Gasteiger partial charge in [0.2, 0.25) is 0 Å². The Bertz CT molecular complexity index is 508. The van der Waals surface area contributed by atoms with Crippen molar-refractivity contribution in [3.8, 4) is 5.75 Å². The van der Waals surface area contributed by atoms with Crippen LogP contribution in [0.3, 0.4) is 0 Å². The Morgan fingerprint density at radius 2 is 1.82 bits per heavy atom. The molecule has 0 N–H and O–H groups in total. The molecule has 0 spiro atoms. The fourth-order valence-electron chi connectivity index (χ4n) is 1.43. The Hall–Kier alpha value is -1.54. The van der Waals surface area contributed by atoms with Gasteiger partial charge in [-0.3, -0.25) is 0 Å². The molecule has 17 heavy (non-hydrogen) atoms. The van der Waals surface area contributed by atoms with Gasteiger partial charge in [0, 0.05) is 10.6 Å². The van der Waals surface area contributed by atoms with Crippen LogP contribution in [-0.2, 0) is 6.61 Å². The molecule has 3 heteroatoms. The Kier molecular flexibility index (Phi) is 3.64. The summed E-state index contributed by atoms with van der Waals surface area (Å²) in [5, 5.41) is 0.390. The molecule has 0 unspecified atom stereocenters. The SMILES string of the molecule is Cc1ccc(OCc2ccc(Cl)cc2F)cc1. The van der Waals surface area contributed by atoms with E-state index in [1.807, 2.05) is 31.2 Å². The van der Waals surface area contributed by atoms with Crippen molar-refractivity contribution >= 4 is 11.6 Å². The third-order valence-corrected chi connectivity index (χ3v) is 2.67. The van der Waals surface area contributed by atoms with Gasteiger partial charge in [-0.2, -0.15) is 0 Å². The van der Waals surface area contributed by atoms with Gasteiger partial charge in [0.05, 0.1) is 0 Å². The van der Waals surface area contributed by atoms with Crippen molar-refractivity contribution < 1.29 is 9.13 Å². The van der Waals surface area contributed by atoms with Gasteiger partial charge in [-0.15, -0.1) is 0 Å². The van der Waals surface area contributed by atoms with Gasteiger partial charge in [-0.25, -0.2) is 4.39 Å². The van der Waals surface area contributed by atoms with Crippen molar-refractivity contribution in [1.29, 1.82) is 0 Å². The van der Waals surface area contributed by atoms with Crippen molar-refractivity contribution in [1.82, 2.24) is 0 Å². The molecule has 88 valence electrons. The van der Waals surface area contributed by atoms with Crippen LogP contribution in [0.1, 0.15) is 11.1 Å².